The van der Waals surface area contributed by atoms with Crippen molar-refractivity contribution >= 4 is 28.6 Å². The first-order chi connectivity index (χ1) is 16.1. The molecule has 0 atom stereocenters. The number of fused-ring (bicyclic) bond motifs is 2. The van der Waals surface area contributed by atoms with Crippen molar-refractivity contribution in [2.45, 2.75) is 38.3 Å². The molecule has 5 rings (SSSR count). The number of benzene rings is 2. The maximum absolute atomic E-state index is 12.7. The van der Waals surface area contributed by atoms with E-state index in [0.29, 0.717) is 12.5 Å². The van der Waals surface area contributed by atoms with E-state index in [-0.39, 0.29) is 24.7 Å². The number of nitrogens with one attached hydrogen (secondary N) is 2. The largest absolute Gasteiger partial charge is 0.454 e. The van der Waals surface area contributed by atoms with E-state index < -0.39 is 0 Å². The van der Waals surface area contributed by atoms with Gasteiger partial charge in [-0.05, 0) is 55.5 Å². The summed E-state index contributed by atoms with van der Waals surface area (Å²) in [4.78, 5) is 24.2. The van der Waals surface area contributed by atoms with Crippen LogP contribution in [0.5, 0.6) is 11.5 Å². The molecule has 33 heavy (non-hydrogen) atoms. The summed E-state index contributed by atoms with van der Waals surface area (Å²) in [5, 5.41) is 7.62. The highest BCUT2D eigenvalue weighted by Gasteiger charge is 2.27. The molecule has 0 unspecified atom stereocenters. The molecule has 1 aliphatic heterocycles. The van der Waals surface area contributed by atoms with E-state index in [4.69, 9.17) is 19.4 Å². The third kappa shape index (κ3) is 4.65. The fourth-order valence-electron chi connectivity index (χ4n) is 4.53. The quantitative estimate of drug-likeness (QED) is 0.595. The summed E-state index contributed by atoms with van der Waals surface area (Å²) in [6, 6.07) is 14.1. The minimum atomic E-state index is 0.0342. The zero-order valence-electron chi connectivity index (χ0n) is 19.0. The van der Waals surface area contributed by atoms with Crippen LogP contribution in [0.1, 0.15) is 31.2 Å². The van der Waals surface area contributed by atoms with Gasteiger partial charge in [-0.25, -0.2) is 4.98 Å². The maximum Gasteiger partial charge on any atom is 0.231 e. The molecular weight excluding hydrogens is 418 g/mol. The summed E-state index contributed by atoms with van der Waals surface area (Å²) in [5.41, 5.74) is 1.93. The van der Waals surface area contributed by atoms with E-state index in [1.54, 1.807) is 0 Å². The van der Waals surface area contributed by atoms with Crippen LogP contribution in [0.15, 0.2) is 42.5 Å². The molecule has 2 heterocycles. The molecule has 1 saturated carbocycles. The van der Waals surface area contributed by atoms with Gasteiger partial charge in [-0.3, -0.25) is 4.79 Å². The van der Waals surface area contributed by atoms with Crippen LogP contribution in [-0.4, -0.2) is 42.8 Å². The predicted octanol–water partition coefficient (Wildman–Crippen LogP) is 3.71. The van der Waals surface area contributed by atoms with Crippen LogP contribution >= 0.6 is 0 Å². The number of ether oxygens (including phenoxy) is 2. The van der Waals surface area contributed by atoms with Crippen LogP contribution < -0.4 is 25.0 Å². The van der Waals surface area contributed by atoms with Crippen LogP contribution in [0.3, 0.4) is 0 Å². The highest BCUT2D eigenvalue weighted by molar-refractivity contribution is 5.90. The molecule has 172 valence electrons. The summed E-state index contributed by atoms with van der Waals surface area (Å²) >= 11 is 0. The fourth-order valence-corrected chi connectivity index (χ4v) is 4.53. The zero-order chi connectivity index (χ0) is 22.8. The van der Waals surface area contributed by atoms with Gasteiger partial charge in [0.15, 0.2) is 11.5 Å². The molecule has 2 aromatic carbocycles. The number of carbonyl (C=O) groups excluding carboxylic acids is 1. The molecule has 0 saturated heterocycles. The van der Waals surface area contributed by atoms with Crippen molar-refractivity contribution in [1.29, 1.82) is 0 Å². The molecule has 2 N–H and O–H groups in total. The van der Waals surface area contributed by atoms with Gasteiger partial charge in [0.25, 0.3) is 0 Å². The molecule has 1 aliphatic carbocycles. The minimum Gasteiger partial charge on any atom is -0.454 e. The number of anilines is 2. The van der Waals surface area contributed by atoms with Crippen molar-refractivity contribution in [3.8, 4) is 11.5 Å². The molecule has 0 spiro atoms. The third-order valence-electron chi connectivity index (χ3n) is 6.34. The van der Waals surface area contributed by atoms with E-state index in [1.807, 2.05) is 61.5 Å². The van der Waals surface area contributed by atoms with Gasteiger partial charge in [-0.15, -0.1) is 0 Å². The molecule has 0 radical (unpaired) electrons. The molecule has 8 nitrogen and oxygen atoms in total. The van der Waals surface area contributed by atoms with Crippen molar-refractivity contribution < 1.29 is 14.3 Å². The summed E-state index contributed by atoms with van der Waals surface area (Å²) in [7, 11) is 3.98. The minimum absolute atomic E-state index is 0.0342. The lowest BCUT2D eigenvalue weighted by molar-refractivity contribution is -0.126. The Hall–Kier alpha value is -3.55. The number of aromatic nitrogens is 2. The normalized spacial score (nSPS) is 19.3. The summed E-state index contributed by atoms with van der Waals surface area (Å²) in [6.07, 6.45) is 3.52. The second-order valence-corrected chi connectivity index (χ2v) is 8.88. The topological polar surface area (TPSA) is 88.6 Å². The Kier molecular flexibility index (Phi) is 5.90. The fraction of sp³-hybridized carbons (Fsp3) is 0.400. The zero-order valence-corrected chi connectivity index (χ0v) is 19.0. The van der Waals surface area contributed by atoms with Crippen LogP contribution in [0, 0.1) is 5.92 Å². The molecule has 1 amide bonds. The van der Waals surface area contributed by atoms with E-state index in [9.17, 15) is 4.79 Å². The van der Waals surface area contributed by atoms with Gasteiger partial charge in [0.1, 0.15) is 5.82 Å². The van der Waals surface area contributed by atoms with Crippen LogP contribution in [0.25, 0.3) is 10.9 Å². The Balaban J connectivity index is 1.15. The maximum atomic E-state index is 12.7. The number of amides is 1. The van der Waals surface area contributed by atoms with Gasteiger partial charge < -0.3 is 25.0 Å². The SMILES string of the molecule is CN(C)c1nc(N[C@H]2CC[C@@H](C(=O)NCc3ccc4c(c3)OCO4)CC2)nc2ccccc12. The molecule has 0 bridgehead atoms. The number of carbonyl (C=O) groups is 1. The average molecular weight is 448 g/mol. The smallest absolute Gasteiger partial charge is 0.231 e. The Morgan fingerprint density at radius 2 is 1.82 bits per heavy atom. The van der Waals surface area contributed by atoms with E-state index in [0.717, 1.165) is 59.5 Å². The predicted molar refractivity (Wildman–Crippen MR) is 128 cm³/mol. The first-order valence-electron chi connectivity index (χ1n) is 11.4. The first-order valence-corrected chi connectivity index (χ1v) is 11.4. The molecule has 1 fully saturated rings. The Bertz CT molecular complexity index is 1160. The lowest BCUT2D eigenvalue weighted by Crippen LogP contribution is -2.35. The monoisotopic (exact) mass is 447 g/mol. The highest BCUT2D eigenvalue weighted by atomic mass is 16.7. The van der Waals surface area contributed by atoms with Crippen LogP contribution in [-0.2, 0) is 11.3 Å². The third-order valence-corrected chi connectivity index (χ3v) is 6.34. The Labute approximate surface area is 193 Å². The number of hydrogen-bond acceptors (Lipinski definition) is 7. The van der Waals surface area contributed by atoms with E-state index in [1.165, 1.54) is 0 Å². The van der Waals surface area contributed by atoms with Gasteiger partial charge in [0.05, 0.1) is 5.52 Å². The van der Waals surface area contributed by atoms with Gasteiger partial charge in [0.2, 0.25) is 18.6 Å². The summed E-state index contributed by atoms with van der Waals surface area (Å²) in [6.45, 7) is 0.745. The van der Waals surface area contributed by atoms with Crippen molar-refractivity contribution in [3.63, 3.8) is 0 Å². The van der Waals surface area contributed by atoms with Crippen molar-refractivity contribution in [1.82, 2.24) is 15.3 Å². The first kappa shape index (κ1) is 21.3. The summed E-state index contributed by atoms with van der Waals surface area (Å²) in [5.74, 6) is 3.19. The number of nitrogens with zero attached hydrogens (tertiary/aromatic N) is 3. The van der Waals surface area contributed by atoms with E-state index in [2.05, 4.69) is 10.6 Å². The van der Waals surface area contributed by atoms with Crippen molar-refractivity contribution in [3.05, 3.63) is 48.0 Å². The molecule has 2 aliphatic rings. The lowest BCUT2D eigenvalue weighted by Gasteiger charge is -2.28. The lowest BCUT2D eigenvalue weighted by atomic mass is 9.85. The number of rotatable bonds is 6. The Morgan fingerprint density at radius 1 is 1.03 bits per heavy atom. The van der Waals surface area contributed by atoms with Gasteiger partial charge >= 0.3 is 0 Å². The molecular formula is C25H29N5O3. The molecule has 3 aromatic rings. The van der Waals surface area contributed by atoms with Crippen molar-refractivity contribution in [2.24, 2.45) is 5.92 Å². The molecule has 8 heteroatoms. The van der Waals surface area contributed by atoms with Gasteiger partial charge in [-0.2, -0.15) is 4.98 Å². The standard InChI is InChI=1S/C25H29N5O3/c1-30(2)23-19-5-3-4-6-20(19)28-25(29-23)27-18-10-8-17(9-11-18)24(31)26-14-16-7-12-21-22(13-16)33-15-32-21/h3-7,12-13,17-18H,8-11,14-15H2,1-2H3,(H,26,31)(H,27,28,29)/t17-,18+. The Morgan fingerprint density at radius 3 is 2.64 bits per heavy atom. The van der Waals surface area contributed by atoms with Crippen LogP contribution in [0.4, 0.5) is 11.8 Å². The van der Waals surface area contributed by atoms with Gasteiger partial charge in [0, 0.05) is 38.0 Å². The van der Waals surface area contributed by atoms with E-state index >= 15 is 0 Å². The molecule has 1 aromatic heterocycles. The highest BCUT2D eigenvalue weighted by Crippen LogP contribution is 2.33. The average Bonchev–Trinajstić information content (AvgIpc) is 3.30. The number of hydrogen-bond donors (Lipinski definition) is 2. The summed E-state index contributed by atoms with van der Waals surface area (Å²) < 4.78 is 10.8. The van der Waals surface area contributed by atoms with Crippen molar-refractivity contribution in [2.75, 3.05) is 31.1 Å². The van der Waals surface area contributed by atoms with Gasteiger partial charge in [-0.1, -0.05) is 18.2 Å². The second kappa shape index (κ2) is 9.13. The van der Waals surface area contributed by atoms with Crippen LogP contribution in [0.2, 0.25) is 0 Å². The second-order valence-electron chi connectivity index (χ2n) is 8.88. The number of para-hydroxylation sites is 1.